The predicted octanol–water partition coefficient (Wildman–Crippen LogP) is 4.59. The van der Waals surface area contributed by atoms with E-state index in [1.165, 1.54) is 0 Å². The highest BCUT2D eigenvalue weighted by Gasteiger charge is 2.18. The Labute approximate surface area is 130 Å². The van der Waals surface area contributed by atoms with Gasteiger partial charge in [-0.1, -0.05) is 32.4 Å². The van der Waals surface area contributed by atoms with Crippen molar-refractivity contribution in [1.82, 2.24) is 0 Å². The molecule has 1 N–H and O–H groups in total. The molecule has 1 amide bonds. The summed E-state index contributed by atoms with van der Waals surface area (Å²) >= 11 is 7.71. The molecule has 3 nitrogen and oxygen atoms in total. The Balaban J connectivity index is 2.89. The van der Waals surface area contributed by atoms with E-state index in [0.29, 0.717) is 23.3 Å². The van der Waals surface area contributed by atoms with Crippen LogP contribution in [0.5, 0.6) is 0 Å². The molecule has 1 atom stereocenters. The van der Waals surface area contributed by atoms with Gasteiger partial charge in [-0.05, 0) is 31.5 Å². The number of benzene rings is 1. The van der Waals surface area contributed by atoms with Crippen molar-refractivity contribution in [2.75, 3.05) is 11.9 Å². The number of carbonyl (C=O) groups excluding carboxylic acids is 1. The van der Waals surface area contributed by atoms with Gasteiger partial charge >= 0.3 is 0 Å². The van der Waals surface area contributed by atoms with Gasteiger partial charge in [-0.25, -0.2) is 0 Å². The average Bonchev–Trinajstić information content (AvgIpc) is 2.38. The van der Waals surface area contributed by atoms with Crippen LogP contribution in [0.4, 0.5) is 5.69 Å². The number of ether oxygens (including phenoxy) is 1. The number of halogens is 1. The van der Waals surface area contributed by atoms with E-state index in [0.717, 1.165) is 10.6 Å². The number of rotatable bonds is 7. The van der Waals surface area contributed by atoms with Crippen molar-refractivity contribution in [2.45, 2.75) is 50.4 Å². The van der Waals surface area contributed by atoms with E-state index < -0.39 is 6.10 Å². The van der Waals surface area contributed by atoms with Crippen LogP contribution in [-0.2, 0) is 9.53 Å². The van der Waals surface area contributed by atoms with Crippen LogP contribution in [0.2, 0.25) is 5.02 Å². The molecule has 0 aliphatic rings. The second kappa shape index (κ2) is 8.55. The first-order valence-electron chi connectivity index (χ1n) is 6.86. The fourth-order valence-corrected chi connectivity index (χ4v) is 2.81. The Hall–Kier alpha value is -0.710. The van der Waals surface area contributed by atoms with Gasteiger partial charge in [0.25, 0.3) is 5.91 Å². The van der Waals surface area contributed by atoms with Crippen molar-refractivity contribution in [3.63, 3.8) is 0 Å². The molecule has 1 aromatic rings. The minimum Gasteiger partial charge on any atom is -0.369 e. The summed E-state index contributed by atoms with van der Waals surface area (Å²) in [6.07, 6.45) is 0.225. The van der Waals surface area contributed by atoms with E-state index in [2.05, 4.69) is 19.2 Å². The summed E-state index contributed by atoms with van der Waals surface area (Å²) in [5.74, 6) is -0.123. The molecule has 0 heterocycles. The maximum Gasteiger partial charge on any atom is 0.253 e. The minimum atomic E-state index is -0.420. The highest BCUT2D eigenvalue weighted by Crippen LogP contribution is 2.32. The Bertz CT molecular complexity index is 451. The van der Waals surface area contributed by atoms with Gasteiger partial charge in [0.05, 0.1) is 5.69 Å². The fourth-order valence-electron chi connectivity index (χ4n) is 1.75. The topological polar surface area (TPSA) is 38.3 Å². The number of hydrogen-bond donors (Lipinski definition) is 1. The van der Waals surface area contributed by atoms with Gasteiger partial charge < -0.3 is 10.1 Å². The van der Waals surface area contributed by atoms with E-state index in [1.807, 2.05) is 26.0 Å². The second-order valence-electron chi connectivity index (χ2n) is 4.65. The number of carbonyl (C=O) groups is 1. The first kappa shape index (κ1) is 17.3. The summed E-state index contributed by atoms with van der Waals surface area (Å²) in [6.45, 7) is 8.56. The van der Waals surface area contributed by atoms with E-state index >= 15 is 0 Å². The highest BCUT2D eigenvalue weighted by atomic mass is 35.5. The SMILES string of the molecule is CCOC(CC)C(=O)Nc1cc(Cl)ccc1SC(C)C. The monoisotopic (exact) mass is 315 g/mol. The molecule has 112 valence electrons. The molecule has 1 aromatic carbocycles. The van der Waals surface area contributed by atoms with Gasteiger partial charge in [0.15, 0.2) is 0 Å². The predicted molar refractivity (Wildman–Crippen MR) is 86.8 cm³/mol. The molecule has 0 bridgehead atoms. The lowest BCUT2D eigenvalue weighted by atomic mass is 10.2. The lowest BCUT2D eigenvalue weighted by Crippen LogP contribution is -2.30. The van der Waals surface area contributed by atoms with Crippen molar-refractivity contribution < 1.29 is 9.53 Å². The summed E-state index contributed by atoms with van der Waals surface area (Å²) in [5.41, 5.74) is 0.749. The van der Waals surface area contributed by atoms with Crippen LogP contribution < -0.4 is 5.32 Å². The zero-order chi connectivity index (χ0) is 15.1. The largest absolute Gasteiger partial charge is 0.369 e. The molecule has 0 radical (unpaired) electrons. The molecule has 0 aliphatic carbocycles. The molecule has 0 spiro atoms. The lowest BCUT2D eigenvalue weighted by molar-refractivity contribution is -0.127. The Morgan fingerprint density at radius 3 is 2.65 bits per heavy atom. The average molecular weight is 316 g/mol. The summed E-state index contributed by atoms with van der Waals surface area (Å²) < 4.78 is 5.42. The summed E-state index contributed by atoms with van der Waals surface area (Å²) in [5, 5.41) is 3.96. The van der Waals surface area contributed by atoms with Gasteiger partial charge in [0.1, 0.15) is 6.10 Å². The van der Waals surface area contributed by atoms with Gasteiger partial charge in [0.2, 0.25) is 0 Å². The molecule has 0 saturated heterocycles. The number of amides is 1. The zero-order valence-electron chi connectivity index (χ0n) is 12.4. The number of anilines is 1. The maximum atomic E-state index is 12.2. The van der Waals surface area contributed by atoms with Crippen LogP contribution in [0.1, 0.15) is 34.1 Å². The maximum absolute atomic E-state index is 12.2. The number of hydrogen-bond acceptors (Lipinski definition) is 3. The Morgan fingerprint density at radius 2 is 2.10 bits per heavy atom. The highest BCUT2D eigenvalue weighted by molar-refractivity contribution is 8.00. The Morgan fingerprint density at radius 1 is 1.40 bits per heavy atom. The first-order chi connectivity index (χ1) is 9.47. The Kier molecular flexibility index (Phi) is 7.41. The van der Waals surface area contributed by atoms with Crippen molar-refractivity contribution in [3.8, 4) is 0 Å². The van der Waals surface area contributed by atoms with E-state index in [4.69, 9.17) is 16.3 Å². The first-order valence-corrected chi connectivity index (χ1v) is 8.12. The molecule has 1 rings (SSSR count). The zero-order valence-corrected chi connectivity index (χ0v) is 14.0. The van der Waals surface area contributed by atoms with Crippen LogP contribution >= 0.6 is 23.4 Å². The number of nitrogens with one attached hydrogen (secondary N) is 1. The summed E-state index contributed by atoms with van der Waals surface area (Å²) in [6, 6.07) is 5.55. The van der Waals surface area contributed by atoms with Gasteiger partial charge in [-0.15, -0.1) is 11.8 Å². The van der Waals surface area contributed by atoms with E-state index in [-0.39, 0.29) is 5.91 Å². The van der Waals surface area contributed by atoms with E-state index in [1.54, 1.807) is 17.8 Å². The molecule has 20 heavy (non-hydrogen) atoms. The molecular weight excluding hydrogens is 294 g/mol. The molecule has 0 aromatic heterocycles. The lowest BCUT2D eigenvalue weighted by Gasteiger charge is -2.17. The van der Waals surface area contributed by atoms with Crippen LogP contribution in [0, 0.1) is 0 Å². The molecule has 1 unspecified atom stereocenters. The third kappa shape index (κ3) is 5.35. The number of thioether (sulfide) groups is 1. The molecule has 0 saturated carbocycles. The van der Waals surface area contributed by atoms with Gasteiger partial charge in [-0.2, -0.15) is 0 Å². The third-order valence-corrected chi connectivity index (χ3v) is 3.91. The third-order valence-electron chi connectivity index (χ3n) is 2.59. The van der Waals surface area contributed by atoms with Gasteiger partial charge in [0, 0.05) is 21.8 Å². The second-order valence-corrected chi connectivity index (χ2v) is 6.70. The molecule has 0 fully saturated rings. The van der Waals surface area contributed by atoms with Crippen LogP contribution in [0.25, 0.3) is 0 Å². The van der Waals surface area contributed by atoms with E-state index in [9.17, 15) is 4.79 Å². The van der Waals surface area contributed by atoms with Crippen molar-refractivity contribution >= 4 is 35.0 Å². The fraction of sp³-hybridized carbons (Fsp3) is 0.533. The smallest absolute Gasteiger partial charge is 0.253 e. The standard InChI is InChI=1S/C15H22ClNO2S/c1-5-13(19-6-2)15(18)17-12-9-11(16)7-8-14(12)20-10(3)4/h7-10,13H,5-6H2,1-4H3,(H,17,18). The van der Waals surface area contributed by atoms with Crippen molar-refractivity contribution in [1.29, 1.82) is 0 Å². The minimum absolute atomic E-state index is 0.123. The quantitative estimate of drug-likeness (QED) is 0.748. The van der Waals surface area contributed by atoms with Crippen LogP contribution in [-0.4, -0.2) is 23.9 Å². The van der Waals surface area contributed by atoms with Crippen LogP contribution in [0.3, 0.4) is 0 Å². The van der Waals surface area contributed by atoms with Crippen molar-refractivity contribution in [2.24, 2.45) is 0 Å². The molecule has 0 aliphatic heterocycles. The van der Waals surface area contributed by atoms with Crippen molar-refractivity contribution in [3.05, 3.63) is 23.2 Å². The molecular formula is C15H22ClNO2S. The molecule has 5 heteroatoms. The van der Waals surface area contributed by atoms with Gasteiger partial charge in [-0.3, -0.25) is 4.79 Å². The normalized spacial score (nSPS) is 12.5. The summed E-state index contributed by atoms with van der Waals surface area (Å²) in [4.78, 5) is 13.2. The summed E-state index contributed by atoms with van der Waals surface area (Å²) in [7, 11) is 0. The van der Waals surface area contributed by atoms with Crippen LogP contribution in [0.15, 0.2) is 23.1 Å².